The van der Waals surface area contributed by atoms with Gasteiger partial charge >= 0.3 is 23.1 Å². The Hall–Kier alpha value is 0.650. The predicted molar refractivity (Wildman–Crippen MR) is 136 cm³/mol. The molecule has 32 heavy (non-hydrogen) atoms. The Bertz CT molecular complexity index is 1210. The van der Waals surface area contributed by atoms with Crippen LogP contribution in [0.25, 0.3) is 0 Å². The van der Waals surface area contributed by atoms with E-state index < -0.39 is 35.2 Å². The number of hydrogen-bond donors (Lipinski definition) is 0. The molecule has 3 aliphatic heterocycles. The maximum Gasteiger partial charge on any atom is 0.387 e. The van der Waals surface area contributed by atoms with Crippen molar-refractivity contribution < 1.29 is 26.5 Å². The van der Waals surface area contributed by atoms with Crippen LogP contribution in [0.2, 0.25) is 0 Å². The van der Waals surface area contributed by atoms with Gasteiger partial charge < -0.3 is 9.05 Å². The Morgan fingerprint density at radius 2 is 1.19 bits per heavy atom. The van der Waals surface area contributed by atoms with Crippen molar-refractivity contribution in [3.63, 3.8) is 0 Å². The molecule has 16 heteroatoms. The fraction of sp³-hybridized carbons (Fsp3) is 0.500. The van der Waals surface area contributed by atoms with Gasteiger partial charge in [-0.25, -0.2) is 0 Å². The second kappa shape index (κ2) is 8.95. The van der Waals surface area contributed by atoms with Gasteiger partial charge in [0.1, 0.15) is 0 Å². The van der Waals surface area contributed by atoms with E-state index in [0.29, 0.717) is 12.3 Å². The smallest absolute Gasteiger partial charge is 0.301 e. The predicted octanol–water partition coefficient (Wildman–Crippen LogP) is 8.43. The Morgan fingerprint density at radius 3 is 1.66 bits per heavy atom. The van der Waals surface area contributed by atoms with E-state index in [1.807, 2.05) is 30.4 Å². The van der Waals surface area contributed by atoms with Crippen LogP contribution in [0.4, 0.5) is 8.39 Å². The number of allylic oxidation sites excluding steroid dienone is 8. The molecule has 7 nitrogen and oxygen atoms in total. The van der Waals surface area contributed by atoms with Gasteiger partial charge in [-0.1, -0.05) is 71.2 Å². The zero-order valence-electron chi connectivity index (χ0n) is 16.9. The van der Waals surface area contributed by atoms with Gasteiger partial charge in [0.2, 0.25) is 0 Å². The van der Waals surface area contributed by atoms with Crippen molar-refractivity contribution in [2.24, 2.45) is 13.5 Å². The molecule has 1 spiro atoms. The molecule has 3 atom stereocenters. The summed E-state index contributed by atoms with van der Waals surface area (Å²) in [7, 11) is -12.4. The molecule has 0 N–H and O–H groups in total. The van der Waals surface area contributed by atoms with E-state index in [2.05, 4.69) is 19.6 Å². The second-order valence-corrected chi connectivity index (χ2v) is 24.7. The minimum Gasteiger partial charge on any atom is -0.301 e. The zero-order valence-corrected chi connectivity index (χ0v) is 23.0. The molecule has 2 bridgehead atoms. The third kappa shape index (κ3) is 5.40. The van der Waals surface area contributed by atoms with Gasteiger partial charge in [0.15, 0.2) is 0 Å². The average molecular weight is 577 g/mol. The molecule has 2 aliphatic carbocycles. The summed E-state index contributed by atoms with van der Waals surface area (Å²) in [4.78, 5) is 0. The van der Waals surface area contributed by atoms with Crippen LogP contribution in [0.1, 0.15) is 12.8 Å². The van der Waals surface area contributed by atoms with Gasteiger partial charge in [0.05, 0.1) is 25.4 Å². The first-order valence-electron chi connectivity index (χ1n) is 9.83. The molecule has 1 fully saturated rings. The molecular weight excluding hydrogens is 555 g/mol. The molecule has 0 aromatic carbocycles. The number of hydrogen-bond acceptors (Lipinski definition) is 9. The van der Waals surface area contributed by atoms with E-state index in [-0.39, 0.29) is 25.4 Å². The van der Waals surface area contributed by atoms with Crippen molar-refractivity contribution in [1.29, 1.82) is 0 Å². The number of rotatable bonds is 4. The lowest BCUT2D eigenvalue weighted by Gasteiger charge is -2.36. The largest absolute Gasteiger partial charge is 0.387 e. The van der Waals surface area contributed by atoms with Crippen LogP contribution in [0, 0.1) is 0 Å². The number of nitrogens with zero attached hydrogens (tertiary/aromatic N) is 3. The van der Waals surface area contributed by atoms with E-state index in [0.717, 1.165) is 18.4 Å². The quantitative estimate of drug-likeness (QED) is 0.312. The van der Waals surface area contributed by atoms with Crippen molar-refractivity contribution in [3.05, 3.63) is 47.6 Å². The Balaban J connectivity index is 1.37. The van der Waals surface area contributed by atoms with E-state index in [1.54, 1.807) is 0 Å². The van der Waals surface area contributed by atoms with Gasteiger partial charge in [-0.05, 0) is 12.8 Å². The first-order valence-corrected chi connectivity index (χ1v) is 21.1. The molecule has 0 aromatic rings. The molecule has 5 aliphatic rings. The Morgan fingerprint density at radius 1 is 0.719 bits per heavy atom. The molecule has 0 radical (unpaired) electrons. The lowest BCUT2D eigenvalue weighted by molar-refractivity contribution is 0.277. The van der Waals surface area contributed by atoms with Crippen LogP contribution in [0.3, 0.4) is 0 Å². The molecule has 176 valence electrons. The molecule has 1 saturated heterocycles. The number of halogens is 2. The standard InChI is InChI=1S/C16H22F2N3O4P5S2/c17-28-19-29(18,23-12-26(31,11-22-28)9-15-5-1-2-6-15)21-30(20-28)24-13-27(32,14-25-30)10-16-7-3-4-8-16/h1-5,7H,6,8-14H2. The van der Waals surface area contributed by atoms with Crippen molar-refractivity contribution in [2.45, 2.75) is 12.8 Å². The summed E-state index contributed by atoms with van der Waals surface area (Å²) in [5.74, 6) is 0. The number of fused-ring (bicyclic) bond motifs is 1. The zero-order chi connectivity index (χ0) is 22.5. The Kier molecular flexibility index (Phi) is 6.81. The highest BCUT2D eigenvalue weighted by molar-refractivity contribution is 8.15. The lowest BCUT2D eigenvalue weighted by Crippen LogP contribution is -2.13. The summed E-state index contributed by atoms with van der Waals surface area (Å²) in [6.45, 7) is 0. The van der Waals surface area contributed by atoms with E-state index in [9.17, 15) is 0 Å². The summed E-state index contributed by atoms with van der Waals surface area (Å²) >= 11 is 11.6. The fourth-order valence-corrected chi connectivity index (χ4v) is 21.0. The van der Waals surface area contributed by atoms with Crippen LogP contribution in [-0.2, 0) is 41.7 Å². The molecular formula is C16H22F2N3O4P5S2. The molecule has 3 heterocycles. The normalized spacial score (nSPS) is 45.3. The second-order valence-electron chi connectivity index (χ2n) is 8.08. The maximum absolute atomic E-state index is 15.7. The molecule has 0 amide bonds. The summed E-state index contributed by atoms with van der Waals surface area (Å²) in [5, 5.41) is 0. The highest BCUT2D eigenvalue weighted by Crippen LogP contribution is 2.84. The maximum atomic E-state index is 15.7. The van der Waals surface area contributed by atoms with Gasteiger partial charge in [-0.15, -0.1) is 13.5 Å². The Labute approximate surface area is 196 Å². The van der Waals surface area contributed by atoms with Crippen LogP contribution < -0.4 is 0 Å². The average Bonchev–Trinajstić information content (AvgIpc) is 3.42. The van der Waals surface area contributed by atoms with Gasteiger partial charge in [-0.2, -0.15) is 8.39 Å². The minimum atomic E-state index is -4.39. The summed E-state index contributed by atoms with van der Waals surface area (Å²) in [6.07, 6.45) is 15.0. The summed E-state index contributed by atoms with van der Waals surface area (Å²) < 4.78 is 65.6. The lowest BCUT2D eigenvalue weighted by atomic mass is 10.3. The van der Waals surface area contributed by atoms with Crippen LogP contribution in [0.15, 0.2) is 61.1 Å². The third-order valence-corrected chi connectivity index (χ3v) is 19.6. The van der Waals surface area contributed by atoms with Crippen LogP contribution >= 0.6 is 35.2 Å². The topological polar surface area (TPSA) is 74.0 Å². The van der Waals surface area contributed by atoms with Crippen molar-refractivity contribution in [1.82, 2.24) is 0 Å². The molecule has 3 unspecified atom stereocenters. The first kappa shape index (κ1) is 24.3. The van der Waals surface area contributed by atoms with Crippen molar-refractivity contribution in [2.75, 3.05) is 37.7 Å². The van der Waals surface area contributed by atoms with Gasteiger partial charge in [-0.3, -0.25) is 9.05 Å². The van der Waals surface area contributed by atoms with Crippen LogP contribution in [0.5, 0.6) is 0 Å². The summed E-state index contributed by atoms with van der Waals surface area (Å²) in [5.41, 5.74) is 2.32. The van der Waals surface area contributed by atoms with Gasteiger partial charge in [0, 0.05) is 24.4 Å². The third-order valence-electron chi connectivity index (χ3n) is 5.18. The highest BCUT2D eigenvalue weighted by Gasteiger charge is 2.47. The van der Waals surface area contributed by atoms with Crippen molar-refractivity contribution in [3.8, 4) is 0 Å². The minimum absolute atomic E-state index is 0.0733. The monoisotopic (exact) mass is 577 g/mol. The first-order chi connectivity index (χ1) is 15.1. The SMILES string of the molecule is FP12=NP(F)(=NP3(=N1)OCP(=S)(CC1=CC=CC1)CO3)OCP(=S)(CC1=CC=CC1)CO2. The van der Waals surface area contributed by atoms with E-state index in [4.69, 9.17) is 41.7 Å². The van der Waals surface area contributed by atoms with Crippen molar-refractivity contribution >= 4 is 58.8 Å². The van der Waals surface area contributed by atoms with E-state index >= 15 is 8.39 Å². The molecule has 0 saturated carbocycles. The van der Waals surface area contributed by atoms with E-state index in [1.165, 1.54) is 5.57 Å². The highest BCUT2D eigenvalue weighted by atomic mass is 32.4. The van der Waals surface area contributed by atoms with Gasteiger partial charge in [0.25, 0.3) is 0 Å². The van der Waals surface area contributed by atoms with Crippen LogP contribution in [-0.4, -0.2) is 37.7 Å². The summed E-state index contributed by atoms with van der Waals surface area (Å²) in [6, 6.07) is -4.43. The fourth-order valence-electron chi connectivity index (χ4n) is 3.65. The molecule has 5 rings (SSSR count). The molecule has 0 aromatic heterocycles.